The van der Waals surface area contributed by atoms with Gasteiger partial charge in [0.2, 0.25) is 11.8 Å². The fraction of sp³-hybridized carbons (Fsp3) is 0.562. The first kappa shape index (κ1) is 31.3. The molecule has 0 aromatic heterocycles. The lowest BCUT2D eigenvalue weighted by Crippen LogP contribution is -2.49. The molecule has 0 radical (unpaired) electrons. The van der Waals surface area contributed by atoms with Gasteiger partial charge in [0, 0.05) is 36.9 Å². The van der Waals surface area contributed by atoms with Crippen LogP contribution >= 0.6 is 0 Å². The second-order valence-electron chi connectivity index (χ2n) is 12.1. The number of piperidine rings is 1. The van der Waals surface area contributed by atoms with Gasteiger partial charge in [-0.1, -0.05) is 30.3 Å². The summed E-state index contributed by atoms with van der Waals surface area (Å²) >= 11 is 0. The third-order valence-electron chi connectivity index (χ3n) is 8.92. The number of ether oxygens (including phenoxy) is 1. The molecule has 3 fully saturated rings. The van der Waals surface area contributed by atoms with E-state index >= 15 is 0 Å². The van der Waals surface area contributed by atoms with Crippen molar-refractivity contribution in [3.63, 3.8) is 0 Å². The number of amides is 2. The van der Waals surface area contributed by atoms with Crippen LogP contribution in [-0.4, -0.2) is 41.9 Å². The monoisotopic (exact) mass is 610 g/mol. The third-order valence-corrected chi connectivity index (χ3v) is 8.92. The summed E-state index contributed by atoms with van der Waals surface area (Å²) in [7, 11) is 0. The maximum atomic E-state index is 13.6. The Kier molecular flexibility index (Phi) is 9.11. The molecule has 11 heteroatoms. The molecule has 1 heterocycles. The summed E-state index contributed by atoms with van der Waals surface area (Å²) in [6, 6.07) is 10.9. The number of carbonyl (C=O) groups is 2. The molecule has 2 aromatic carbocycles. The van der Waals surface area contributed by atoms with Crippen LogP contribution in [0.15, 0.2) is 48.5 Å². The van der Waals surface area contributed by atoms with Crippen LogP contribution < -0.4 is 5.32 Å². The number of alkyl halides is 6. The highest BCUT2D eigenvalue weighted by Gasteiger charge is 2.40. The number of carbonyl (C=O) groups excluding carboxylic acids is 2. The quantitative estimate of drug-likeness (QED) is 0.336. The number of nitrogens with zero attached hydrogens (tertiary/aromatic N) is 1. The van der Waals surface area contributed by atoms with Gasteiger partial charge in [0.05, 0.1) is 23.3 Å². The fourth-order valence-electron chi connectivity index (χ4n) is 6.28. The Bertz CT molecular complexity index is 1250. The van der Waals surface area contributed by atoms with Crippen molar-refractivity contribution >= 4 is 11.8 Å². The largest absolute Gasteiger partial charge is 0.416 e. The first-order valence-electron chi connectivity index (χ1n) is 14.9. The van der Waals surface area contributed by atoms with Crippen molar-refractivity contribution in [3.8, 4) is 0 Å². The minimum atomic E-state index is -4.95. The molecule has 1 N–H and O–H groups in total. The smallest absolute Gasteiger partial charge is 0.370 e. The topological polar surface area (TPSA) is 58.6 Å². The average molecular weight is 611 g/mol. The molecule has 1 saturated heterocycles. The summed E-state index contributed by atoms with van der Waals surface area (Å²) in [5.74, 6) is -0.194. The van der Waals surface area contributed by atoms with Gasteiger partial charge in [-0.15, -0.1) is 0 Å². The fourth-order valence-corrected chi connectivity index (χ4v) is 6.28. The Morgan fingerprint density at radius 1 is 0.837 bits per heavy atom. The predicted octanol–water partition coefficient (Wildman–Crippen LogP) is 7.27. The molecule has 1 aliphatic heterocycles. The molecule has 0 spiro atoms. The third kappa shape index (κ3) is 7.72. The first-order chi connectivity index (χ1) is 20.3. The van der Waals surface area contributed by atoms with Crippen LogP contribution in [0.3, 0.4) is 0 Å². The molecule has 2 amide bonds. The molecule has 3 atom stereocenters. The standard InChI is InChI=1S/C32H36F6N2O3/c1-19(23-15-24(31(33,34)35)17-25(16-23)32(36,37)38)43-28-13-14-40(18-27(28)20-5-3-2-4-6-20)30(42)22-9-11-26(12-10-22)39-29(41)21-7-8-21/h2-6,15-17,19,21-22,26-28H,7-14,18H2,1H3,(H,39,41)/t19-,22?,26?,27+,28+/m1/s1. The summed E-state index contributed by atoms with van der Waals surface area (Å²) in [5.41, 5.74) is -2.09. The number of hydrogen-bond donors (Lipinski definition) is 1. The molecule has 2 saturated carbocycles. The van der Waals surface area contributed by atoms with E-state index in [0.717, 1.165) is 31.2 Å². The molecule has 0 unspecified atom stereocenters. The zero-order chi connectivity index (χ0) is 30.9. The average Bonchev–Trinajstić information content (AvgIpc) is 3.83. The Morgan fingerprint density at radius 2 is 1.42 bits per heavy atom. The lowest BCUT2D eigenvalue weighted by atomic mass is 9.83. The van der Waals surface area contributed by atoms with E-state index in [4.69, 9.17) is 4.74 Å². The van der Waals surface area contributed by atoms with Gasteiger partial charge in [0.25, 0.3) is 0 Å². The van der Waals surface area contributed by atoms with Crippen molar-refractivity contribution in [2.24, 2.45) is 11.8 Å². The lowest BCUT2D eigenvalue weighted by molar-refractivity contribution is -0.143. The second-order valence-corrected chi connectivity index (χ2v) is 12.1. The van der Waals surface area contributed by atoms with E-state index in [0.29, 0.717) is 44.5 Å². The zero-order valence-electron chi connectivity index (χ0n) is 23.9. The van der Waals surface area contributed by atoms with Crippen LogP contribution in [0.1, 0.15) is 86.1 Å². The predicted molar refractivity (Wildman–Crippen MR) is 147 cm³/mol. The molecule has 234 valence electrons. The van der Waals surface area contributed by atoms with Crippen molar-refractivity contribution in [1.29, 1.82) is 0 Å². The van der Waals surface area contributed by atoms with Gasteiger partial charge < -0.3 is 15.0 Å². The van der Waals surface area contributed by atoms with Crippen LogP contribution in [0, 0.1) is 11.8 Å². The Labute approximate surface area is 247 Å². The van der Waals surface area contributed by atoms with Gasteiger partial charge in [-0.2, -0.15) is 26.3 Å². The van der Waals surface area contributed by atoms with Crippen molar-refractivity contribution < 1.29 is 40.7 Å². The number of nitrogens with one attached hydrogen (secondary N) is 1. The van der Waals surface area contributed by atoms with Crippen molar-refractivity contribution in [2.75, 3.05) is 13.1 Å². The van der Waals surface area contributed by atoms with Gasteiger partial charge in [0.1, 0.15) is 0 Å². The highest BCUT2D eigenvalue weighted by atomic mass is 19.4. The van der Waals surface area contributed by atoms with Gasteiger partial charge >= 0.3 is 12.4 Å². The molecule has 5 nitrogen and oxygen atoms in total. The maximum Gasteiger partial charge on any atom is 0.416 e. The van der Waals surface area contributed by atoms with Crippen LogP contribution in [-0.2, 0) is 26.7 Å². The van der Waals surface area contributed by atoms with Crippen LogP contribution in [0.5, 0.6) is 0 Å². The Balaban J connectivity index is 1.28. The Hall–Kier alpha value is -3.08. The van der Waals surface area contributed by atoms with Crippen molar-refractivity contribution in [2.45, 2.75) is 88.4 Å². The van der Waals surface area contributed by atoms with E-state index in [1.165, 1.54) is 6.92 Å². The summed E-state index contributed by atoms with van der Waals surface area (Å²) in [5, 5.41) is 3.10. The summed E-state index contributed by atoms with van der Waals surface area (Å²) in [4.78, 5) is 27.5. The minimum absolute atomic E-state index is 0.0343. The van der Waals surface area contributed by atoms with E-state index in [2.05, 4.69) is 5.32 Å². The molecule has 5 rings (SSSR count). The van der Waals surface area contributed by atoms with Gasteiger partial charge in [-0.3, -0.25) is 9.59 Å². The molecule has 2 aromatic rings. The van der Waals surface area contributed by atoms with E-state index in [1.54, 1.807) is 0 Å². The highest BCUT2D eigenvalue weighted by Crippen LogP contribution is 2.40. The summed E-state index contributed by atoms with van der Waals surface area (Å²) in [6.45, 7) is 2.15. The number of halogens is 6. The SMILES string of the molecule is C[C@@H](O[C@H]1CCN(C(=O)C2CCC(NC(=O)C3CC3)CC2)C[C@H]1c1ccccc1)c1cc(C(F)(F)F)cc(C(F)(F)F)c1. The molecule has 0 bridgehead atoms. The van der Waals surface area contributed by atoms with Gasteiger partial charge in [-0.25, -0.2) is 0 Å². The van der Waals surface area contributed by atoms with Crippen molar-refractivity contribution in [1.82, 2.24) is 10.2 Å². The first-order valence-corrected chi connectivity index (χ1v) is 14.9. The van der Waals surface area contributed by atoms with Gasteiger partial charge in [0.15, 0.2) is 0 Å². The summed E-state index contributed by atoms with van der Waals surface area (Å²) < 4.78 is 87.0. The van der Waals surface area contributed by atoms with E-state index < -0.39 is 35.7 Å². The second kappa shape index (κ2) is 12.5. The molecular formula is C32H36F6N2O3. The molecule has 2 aliphatic carbocycles. The van der Waals surface area contributed by atoms with Crippen LogP contribution in [0.4, 0.5) is 26.3 Å². The van der Waals surface area contributed by atoms with Crippen LogP contribution in [0.2, 0.25) is 0 Å². The maximum absolute atomic E-state index is 13.6. The summed E-state index contributed by atoms with van der Waals surface area (Å²) in [6.07, 6.45) is -6.38. The highest BCUT2D eigenvalue weighted by molar-refractivity contribution is 5.81. The zero-order valence-corrected chi connectivity index (χ0v) is 23.9. The van der Waals surface area contributed by atoms with E-state index in [-0.39, 0.29) is 47.2 Å². The number of rotatable bonds is 7. The molecular weight excluding hydrogens is 574 g/mol. The normalized spacial score (nSPS) is 25.7. The van der Waals surface area contributed by atoms with Gasteiger partial charge in [-0.05, 0) is 81.2 Å². The lowest BCUT2D eigenvalue weighted by Gasteiger charge is -2.42. The Morgan fingerprint density at radius 3 is 1.98 bits per heavy atom. The minimum Gasteiger partial charge on any atom is -0.370 e. The number of benzene rings is 2. The van der Waals surface area contributed by atoms with Crippen LogP contribution in [0.25, 0.3) is 0 Å². The number of hydrogen-bond acceptors (Lipinski definition) is 3. The van der Waals surface area contributed by atoms with Crippen molar-refractivity contribution in [3.05, 3.63) is 70.8 Å². The van der Waals surface area contributed by atoms with E-state index in [9.17, 15) is 35.9 Å². The molecule has 3 aliphatic rings. The number of likely N-dealkylation sites (tertiary alicyclic amines) is 1. The van der Waals surface area contributed by atoms with E-state index in [1.807, 2.05) is 35.2 Å². The molecule has 43 heavy (non-hydrogen) atoms.